The number of aryl methyl sites for hydroxylation is 1. The molecule has 0 radical (unpaired) electrons. The third-order valence-electron chi connectivity index (χ3n) is 4.14. The topological polar surface area (TPSA) is 48.4 Å². The van der Waals surface area contributed by atoms with Crippen LogP contribution in [0.3, 0.4) is 0 Å². The van der Waals surface area contributed by atoms with Crippen LogP contribution in [-0.2, 0) is 4.79 Å². The predicted octanol–water partition coefficient (Wildman–Crippen LogP) is 5.58. The molecule has 0 aliphatic heterocycles. The van der Waals surface area contributed by atoms with Gasteiger partial charge in [-0.15, -0.1) is 0 Å². The van der Waals surface area contributed by atoms with E-state index in [9.17, 15) is 4.79 Å². The van der Waals surface area contributed by atoms with Crippen molar-refractivity contribution in [3.63, 3.8) is 0 Å². The molecule has 0 aliphatic rings. The zero-order chi connectivity index (χ0) is 20.5. The third kappa shape index (κ3) is 6.18. The summed E-state index contributed by atoms with van der Waals surface area (Å²) in [6, 6.07) is 17.2. The second kappa shape index (κ2) is 10.0. The first-order valence-electron chi connectivity index (χ1n) is 9.45. The van der Waals surface area contributed by atoms with Crippen molar-refractivity contribution in [2.45, 2.75) is 13.8 Å². The Kier molecular flexibility index (Phi) is 6.95. The fourth-order valence-electron chi connectivity index (χ4n) is 2.63. The zero-order valence-electron chi connectivity index (χ0n) is 16.5. The molecule has 0 amide bonds. The first-order valence-corrected chi connectivity index (χ1v) is 9.45. The Balaban J connectivity index is 1.71. The van der Waals surface area contributed by atoms with Gasteiger partial charge in [-0.1, -0.05) is 48.0 Å². The summed E-state index contributed by atoms with van der Waals surface area (Å²) < 4.78 is 11.1. The highest BCUT2D eigenvalue weighted by Gasteiger charge is 2.09. The quantitative estimate of drug-likeness (QED) is 0.303. The van der Waals surface area contributed by atoms with Crippen LogP contribution in [0, 0.1) is 6.92 Å². The molecular formula is C25H23NO3. The Bertz CT molecular complexity index is 1010. The van der Waals surface area contributed by atoms with Gasteiger partial charge >= 0.3 is 5.97 Å². The highest BCUT2D eigenvalue weighted by Crippen LogP contribution is 2.29. The van der Waals surface area contributed by atoms with Crippen LogP contribution < -0.4 is 9.47 Å². The lowest BCUT2D eigenvalue weighted by Crippen LogP contribution is -2.06. The maximum Gasteiger partial charge on any atom is 0.336 e. The van der Waals surface area contributed by atoms with Crippen LogP contribution in [0.5, 0.6) is 11.5 Å². The van der Waals surface area contributed by atoms with Crippen LogP contribution in [0.4, 0.5) is 0 Å². The number of ether oxygens (including phenoxy) is 2. The predicted molar refractivity (Wildman–Crippen MR) is 117 cm³/mol. The molecule has 4 heteroatoms. The number of benzene rings is 2. The van der Waals surface area contributed by atoms with Crippen molar-refractivity contribution < 1.29 is 14.3 Å². The van der Waals surface area contributed by atoms with E-state index in [1.807, 2.05) is 74.5 Å². The lowest BCUT2D eigenvalue weighted by Gasteiger charge is -2.10. The average Bonchev–Trinajstić information content (AvgIpc) is 2.74. The largest absolute Gasteiger partial charge is 0.490 e. The molecule has 2 aromatic carbocycles. The summed E-state index contributed by atoms with van der Waals surface area (Å²) in [5.74, 6) is 0.472. The summed E-state index contributed by atoms with van der Waals surface area (Å²) in [5.41, 5.74) is 4.10. The van der Waals surface area contributed by atoms with Crippen molar-refractivity contribution in [2.75, 3.05) is 6.61 Å². The summed E-state index contributed by atoms with van der Waals surface area (Å²) in [5, 5.41) is 0. The monoisotopic (exact) mass is 385 g/mol. The normalized spacial score (nSPS) is 11.1. The number of pyridine rings is 1. The molecular weight excluding hydrogens is 362 g/mol. The van der Waals surface area contributed by atoms with E-state index in [1.54, 1.807) is 24.5 Å². The molecule has 29 heavy (non-hydrogen) atoms. The van der Waals surface area contributed by atoms with Crippen LogP contribution in [0.25, 0.3) is 18.2 Å². The molecule has 0 unspecified atom stereocenters. The number of aromatic nitrogens is 1. The van der Waals surface area contributed by atoms with Crippen LogP contribution in [0.1, 0.15) is 29.2 Å². The lowest BCUT2D eigenvalue weighted by atomic mass is 10.1. The van der Waals surface area contributed by atoms with E-state index in [0.717, 1.165) is 16.7 Å². The summed E-state index contributed by atoms with van der Waals surface area (Å²) in [7, 11) is 0. The molecule has 0 fully saturated rings. The number of rotatable bonds is 7. The van der Waals surface area contributed by atoms with Crippen LogP contribution >= 0.6 is 0 Å². The fraction of sp³-hybridized carbons (Fsp3) is 0.120. The molecule has 0 spiro atoms. The van der Waals surface area contributed by atoms with Gasteiger partial charge in [-0.05, 0) is 60.9 Å². The Morgan fingerprint density at radius 3 is 2.24 bits per heavy atom. The van der Waals surface area contributed by atoms with E-state index in [-0.39, 0.29) is 0 Å². The number of esters is 1. The van der Waals surface area contributed by atoms with Gasteiger partial charge in [0, 0.05) is 18.5 Å². The zero-order valence-corrected chi connectivity index (χ0v) is 16.5. The van der Waals surface area contributed by atoms with Crippen LogP contribution in [-0.4, -0.2) is 17.6 Å². The lowest BCUT2D eigenvalue weighted by molar-refractivity contribution is -0.129. The first kappa shape index (κ1) is 20.1. The molecule has 0 saturated heterocycles. The summed E-state index contributed by atoms with van der Waals surface area (Å²) in [6.07, 6.45) is 10.6. The standard InChI is InChI=1S/C25H23NO3/c1-3-28-24-18-22(9-8-21-14-16-26-17-15-21)10-12-23(24)29-25(27)13-11-20-6-4-19(2)5-7-20/h4-18H,3H2,1-2H3/b9-8+,13-11+. The first-order chi connectivity index (χ1) is 14.1. The maximum absolute atomic E-state index is 12.2. The van der Waals surface area contributed by atoms with Gasteiger partial charge in [-0.25, -0.2) is 4.79 Å². The molecule has 4 nitrogen and oxygen atoms in total. The van der Waals surface area contributed by atoms with E-state index in [4.69, 9.17) is 9.47 Å². The van der Waals surface area contributed by atoms with Crippen molar-refractivity contribution in [1.82, 2.24) is 4.98 Å². The van der Waals surface area contributed by atoms with Crippen LogP contribution in [0.2, 0.25) is 0 Å². The Labute approximate surface area is 171 Å². The Morgan fingerprint density at radius 1 is 0.862 bits per heavy atom. The summed E-state index contributed by atoms with van der Waals surface area (Å²) in [6.45, 7) is 4.39. The molecule has 0 atom stereocenters. The van der Waals surface area contributed by atoms with Gasteiger partial charge in [0.1, 0.15) is 0 Å². The van der Waals surface area contributed by atoms with E-state index >= 15 is 0 Å². The van der Waals surface area contributed by atoms with E-state index < -0.39 is 5.97 Å². The highest BCUT2D eigenvalue weighted by molar-refractivity contribution is 5.89. The molecule has 3 aromatic rings. The van der Waals surface area contributed by atoms with Gasteiger partial charge in [-0.3, -0.25) is 4.98 Å². The summed E-state index contributed by atoms with van der Waals surface area (Å²) >= 11 is 0. The number of nitrogens with zero attached hydrogens (tertiary/aromatic N) is 1. The number of carbonyl (C=O) groups excluding carboxylic acids is 1. The summed E-state index contributed by atoms with van der Waals surface area (Å²) in [4.78, 5) is 16.2. The van der Waals surface area contributed by atoms with Crippen molar-refractivity contribution in [1.29, 1.82) is 0 Å². The van der Waals surface area contributed by atoms with Gasteiger partial charge in [0.05, 0.1) is 6.61 Å². The number of hydrogen-bond donors (Lipinski definition) is 0. The van der Waals surface area contributed by atoms with Crippen molar-refractivity contribution in [3.05, 3.63) is 95.3 Å². The molecule has 1 heterocycles. The minimum absolute atomic E-state index is 0.395. The Morgan fingerprint density at radius 2 is 1.52 bits per heavy atom. The number of hydrogen-bond acceptors (Lipinski definition) is 4. The molecule has 0 saturated carbocycles. The third-order valence-corrected chi connectivity index (χ3v) is 4.14. The number of carbonyl (C=O) groups is 1. The van der Waals surface area contributed by atoms with E-state index in [1.165, 1.54) is 11.6 Å². The SMILES string of the molecule is CCOc1cc(/C=C/c2ccncc2)ccc1OC(=O)/C=C/c1ccc(C)cc1. The molecule has 0 aliphatic carbocycles. The molecule has 0 N–H and O–H groups in total. The van der Waals surface area contributed by atoms with Gasteiger partial charge in [0.15, 0.2) is 11.5 Å². The molecule has 3 rings (SSSR count). The highest BCUT2D eigenvalue weighted by atomic mass is 16.6. The van der Waals surface area contributed by atoms with E-state index in [0.29, 0.717) is 18.1 Å². The van der Waals surface area contributed by atoms with Gasteiger partial charge in [0.25, 0.3) is 0 Å². The van der Waals surface area contributed by atoms with Gasteiger partial charge in [0.2, 0.25) is 0 Å². The fourth-order valence-corrected chi connectivity index (χ4v) is 2.63. The van der Waals surface area contributed by atoms with Gasteiger partial charge < -0.3 is 9.47 Å². The second-order valence-corrected chi connectivity index (χ2v) is 6.42. The minimum Gasteiger partial charge on any atom is -0.490 e. The Hall–Kier alpha value is -3.66. The van der Waals surface area contributed by atoms with Gasteiger partial charge in [-0.2, -0.15) is 0 Å². The van der Waals surface area contributed by atoms with Crippen molar-refractivity contribution in [3.8, 4) is 11.5 Å². The minimum atomic E-state index is -0.452. The average molecular weight is 385 g/mol. The smallest absolute Gasteiger partial charge is 0.336 e. The second-order valence-electron chi connectivity index (χ2n) is 6.42. The van der Waals surface area contributed by atoms with Crippen molar-refractivity contribution >= 4 is 24.2 Å². The molecule has 1 aromatic heterocycles. The molecule has 0 bridgehead atoms. The van der Waals surface area contributed by atoms with E-state index in [2.05, 4.69) is 4.98 Å². The van der Waals surface area contributed by atoms with Crippen LogP contribution in [0.15, 0.2) is 73.1 Å². The molecule has 146 valence electrons. The van der Waals surface area contributed by atoms with Crippen molar-refractivity contribution in [2.24, 2.45) is 0 Å². The maximum atomic E-state index is 12.2.